The van der Waals surface area contributed by atoms with Crippen molar-refractivity contribution in [1.82, 2.24) is 5.32 Å². The van der Waals surface area contributed by atoms with Crippen molar-refractivity contribution in [1.29, 1.82) is 0 Å². The second-order valence-corrected chi connectivity index (χ2v) is 6.38. The van der Waals surface area contributed by atoms with Crippen LogP contribution in [0.15, 0.2) is 24.3 Å². The smallest absolute Gasteiger partial charge is 0.123 e. The van der Waals surface area contributed by atoms with Crippen molar-refractivity contribution >= 4 is 23.5 Å². The van der Waals surface area contributed by atoms with Crippen LogP contribution in [-0.2, 0) is 6.54 Å². The SMILES string of the molecule is Fc1ccc(CNCC2CSCCS2)cc1. The fourth-order valence-corrected chi connectivity index (χ4v) is 4.28. The minimum atomic E-state index is -0.164. The van der Waals surface area contributed by atoms with Crippen LogP contribution in [0.4, 0.5) is 4.39 Å². The van der Waals surface area contributed by atoms with E-state index in [0.717, 1.165) is 23.9 Å². The molecule has 1 nitrogen and oxygen atoms in total. The highest BCUT2D eigenvalue weighted by molar-refractivity contribution is 8.06. The second kappa shape index (κ2) is 6.52. The van der Waals surface area contributed by atoms with Gasteiger partial charge in [0.1, 0.15) is 5.82 Å². The Balaban J connectivity index is 1.69. The molecule has 0 aromatic heterocycles. The van der Waals surface area contributed by atoms with E-state index >= 15 is 0 Å². The van der Waals surface area contributed by atoms with Crippen LogP contribution in [0.25, 0.3) is 0 Å². The van der Waals surface area contributed by atoms with Crippen LogP contribution < -0.4 is 5.32 Å². The maximum absolute atomic E-state index is 12.7. The average molecular weight is 257 g/mol. The Morgan fingerprint density at radius 1 is 1.25 bits per heavy atom. The predicted molar refractivity (Wildman–Crippen MR) is 71.7 cm³/mol. The Morgan fingerprint density at radius 2 is 2.06 bits per heavy atom. The first-order chi connectivity index (χ1) is 7.84. The first-order valence-electron chi connectivity index (χ1n) is 5.49. The van der Waals surface area contributed by atoms with Gasteiger partial charge in [-0.25, -0.2) is 4.39 Å². The fraction of sp³-hybridized carbons (Fsp3) is 0.500. The van der Waals surface area contributed by atoms with Crippen molar-refractivity contribution < 1.29 is 4.39 Å². The van der Waals surface area contributed by atoms with Crippen LogP contribution in [0.1, 0.15) is 5.56 Å². The van der Waals surface area contributed by atoms with E-state index in [0.29, 0.717) is 0 Å². The molecule has 1 aliphatic rings. The van der Waals surface area contributed by atoms with E-state index in [4.69, 9.17) is 0 Å². The highest BCUT2D eigenvalue weighted by Crippen LogP contribution is 2.23. The van der Waals surface area contributed by atoms with Crippen molar-refractivity contribution in [3.63, 3.8) is 0 Å². The topological polar surface area (TPSA) is 12.0 Å². The van der Waals surface area contributed by atoms with Crippen molar-refractivity contribution in [3.8, 4) is 0 Å². The Labute approximate surface area is 105 Å². The molecule has 0 amide bonds. The van der Waals surface area contributed by atoms with Crippen LogP contribution in [-0.4, -0.2) is 29.1 Å². The molecule has 16 heavy (non-hydrogen) atoms. The lowest BCUT2D eigenvalue weighted by atomic mass is 10.2. The molecule has 1 atom stereocenters. The van der Waals surface area contributed by atoms with E-state index < -0.39 is 0 Å². The number of hydrogen-bond donors (Lipinski definition) is 1. The van der Waals surface area contributed by atoms with E-state index in [2.05, 4.69) is 17.1 Å². The zero-order valence-electron chi connectivity index (χ0n) is 9.12. The van der Waals surface area contributed by atoms with Crippen LogP contribution in [0.3, 0.4) is 0 Å². The van der Waals surface area contributed by atoms with Gasteiger partial charge in [0.05, 0.1) is 0 Å². The molecule has 1 saturated heterocycles. The lowest BCUT2D eigenvalue weighted by molar-refractivity contribution is 0.625. The first kappa shape index (κ1) is 12.3. The summed E-state index contributed by atoms with van der Waals surface area (Å²) in [6.07, 6.45) is 0. The molecule has 0 spiro atoms. The molecular formula is C12H16FNS2. The molecule has 1 fully saturated rings. The zero-order chi connectivity index (χ0) is 11.2. The fourth-order valence-electron chi connectivity index (χ4n) is 1.63. The van der Waals surface area contributed by atoms with Gasteiger partial charge in [0.25, 0.3) is 0 Å². The Bertz CT molecular complexity index is 309. The van der Waals surface area contributed by atoms with Crippen LogP contribution >= 0.6 is 23.5 Å². The van der Waals surface area contributed by atoms with Gasteiger partial charge < -0.3 is 5.32 Å². The minimum absolute atomic E-state index is 0.164. The normalized spacial score (nSPS) is 20.9. The molecule has 0 bridgehead atoms. The molecule has 1 heterocycles. The van der Waals surface area contributed by atoms with Crippen molar-refractivity contribution in [2.24, 2.45) is 0 Å². The van der Waals surface area contributed by atoms with Crippen LogP contribution in [0, 0.1) is 5.82 Å². The molecular weight excluding hydrogens is 241 g/mol. The zero-order valence-corrected chi connectivity index (χ0v) is 10.7. The summed E-state index contributed by atoms with van der Waals surface area (Å²) in [6, 6.07) is 6.71. The van der Waals surface area contributed by atoms with Crippen molar-refractivity contribution in [3.05, 3.63) is 35.6 Å². The summed E-state index contributed by atoms with van der Waals surface area (Å²) in [4.78, 5) is 0. The Hall–Kier alpha value is -0.190. The van der Waals surface area contributed by atoms with Gasteiger partial charge in [-0.15, -0.1) is 0 Å². The highest BCUT2D eigenvalue weighted by Gasteiger charge is 2.13. The molecule has 1 unspecified atom stereocenters. The summed E-state index contributed by atoms with van der Waals surface area (Å²) in [5.74, 6) is 3.65. The second-order valence-electron chi connectivity index (χ2n) is 3.83. The first-order valence-corrected chi connectivity index (χ1v) is 7.69. The van der Waals surface area contributed by atoms with Gasteiger partial charge in [0, 0.05) is 35.6 Å². The molecule has 1 aromatic carbocycles. The third kappa shape index (κ3) is 4.00. The van der Waals surface area contributed by atoms with Gasteiger partial charge >= 0.3 is 0 Å². The third-order valence-electron chi connectivity index (χ3n) is 2.50. The molecule has 88 valence electrons. The maximum Gasteiger partial charge on any atom is 0.123 e. The summed E-state index contributed by atoms with van der Waals surface area (Å²) >= 11 is 4.10. The van der Waals surface area contributed by atoms with Gasteiger partial charge in [-0.05, 0) is 17.7 Å². The maximum atomic E-state index is 12.7. The summed E-state index contributed by atoms with van der Waals surface area (Å²) in [7, 11) is 0. The number of benzene rings is 1. The number of thioether (sulfide) groups is 2. The van der Waals surface area contributed by atoms with E-state index in [1.54, 1.807) is 0 Å². The number of hydrogen-bond acceptors (Lipinski definition) is 3. The van der Waals surface area contributed by atoms with Gasteiger partial charge in [-0.1, -0.05) is 12.1 Å². The summed E-state index contributed by atoms with van der Waals surface area (Å²) in [5, 5.41) is 4.17. The summed E-state index contributed by atoms with van der Waals surface area (Å²) < 4.78 is 12.7. The van der Waals surface area contributed by atoms with E-state index in [1.807, 2.05) is 23.9 Å². The van der Waals surface area contributed by atoms with Gasteiger partial charge in [0.2, 0.25) is 0 Å². The lowest BCUT2D eigenvalue weighted by Gasteiger charge is -2.21. The number of halogens is 1. The van der Waals surface area contributed by atoms with Crippen molar-refractivity contribution in [2.75, 3.05) is 23.8 Å². The molecule has 4 heteroatoms. The molecule has 2 rings (SSSR count). The van der Waals surface area contributed by atoms with Gasteiger partial charge in [-0.3, -0.25) is 0 Å². The van der Waals surface area contributed by atoms with Crippen LogP contribution in [0.2, 0.25) is 0 Å². The molecule has 0 aliphatic carbocycles. The van der Waals surface area contributed by atoms with Gasteiger partial charge in [0.15, 0.2) is 0 Å². The summed E-state index contributed by atoms with van der Waals surface area (Å²) in [5.41, 5.74) is 1.15. The van der Waals surface area contributed by atoms with E-state index in [1.165, 1.54) is 29.4 Å². The van der Waals surface area contributed by atoms with Gasteiger partial charge in [-0.2, -0.15) is 23.5 Å². The number of rotatable bonds is 4. The van der Waals surface area contributed by atoms with E-state index in [-0.39, 0.29) is 5.82 Å². The molecule has 0 saturated carbocycles. The molecule has 1 aromatic rings. The quantitative estimate of drug-likeness (QED) is 0.891. The summed E-state index contributed by atoms with van der Waals surface area (Å²) in [6.45, 7) is 1.89. The standard InChI is InChI=1S/C12H16FNS2/c13-11-3-1-10(2-4-11)7-14-8-12-9-15-5-6-16-12/h1-4,12,14H,5-9H2. The van der Waals surface area contributed by atoms with Crippen LogP contribution in [0.5, 0.6) is 0 Å². The lowest BCUT2D eigenvalue weighted by Crippen LogP contribution is -2.28. The van der Waals surface area contributed by atoms with Crippen molar-refractivity contribution in [2.45, 2.75) is 11.8 Å². The average Bonchev–Trinajstić information content (AvgIpc) is 2.33. The minimum Gasteiger partial charge on any atom is -0.312 e. The molecule has 1 aliphatic heterocycles. The Morgan fingerprint density at radius 3 is 2.75 bits per heavy atom. The predicted octanol–water partition coefficient (Wildman–Crippen LogP) is 2.76. The largest absolute Gasteiger partial charge is 0.312 e. The molecule has 0 radical (unpaired) electrons. The molecule has 1 N–H and O–H groups in total. The monoisotopic (exact) mass is 257 g/mol. The highest BCUT2D eigenvalue weighted by atomic mass is 32.2. The number of nitrogens with one attached hydrogen (secondary N) is 1. The van der Waals surface area contributed by atoms with E-state index in [9.17, 15) is 4.39 Å². The Kier molecular flexibility index (Phi) is 5.00. The third-order valence-corrected chi connectivity index (χ3v) is 5.34.